The van der Waals surface area contributed by atoms with E-state index in [9.17, 15) is 9.90 Å². The Hall–Kier alpha value is -2.04. The molecule has 0 saturated carbocycles. The molecule has 0 aliphatic carbocycles. The predicted molar refractivity (Wildman–Crippen MR) is 97.2 cm³/mol. The van der Waals surface area contributed by atoms with E-state index in [4.69, 9.17) is 11.6 Å². The van der Waals surface area contributed by atoms with Crippen LogP contribution in [-0.2, 0) is 0 Å². The Balaban J connectivity index is 2.24. The van der Waals surface area contributed by atoms with Crippen LogP contribution in [0.15, 0.2) is 54.6 Å². The smallest absolute Gasteiger partial charge is 0.317 e. The molecule has 0 aromatic heterocycles. The zero-order valence-corrected chi connectivity index (χ0v) is 14.9. The maximum absolute atomic E-state index is 12.5. The van der Waals surface area contributed by atoms with E-state index in [-0.39, 0.29) is 18.6 Å². The number of hydrogen-bond acceptors (Lipinski definition) is 2. The topological polar surface area (TPSA) is 52.6 Å². The molecule has 1 atom stereocenters. The van der Waals surface area contributed by atoms with Crippen LogP contribution in [0.1, 0.15) is 31.0 Å². The SMILES string of the molecule is CN(CC(C)(C)O)C(=O)NC(c1ccccc1)c1ccc(Cl)cc1. The third-order valence-electron chi connectivity index (χ3n) is 3.57. The van der Waals surface area contributed by atoms with Crippen molar-refractivity contribution in [1.29, 1.82) is 0 Å². The lowest BCUT2D eigenvalue weighted by atomic mass is 9.99. The number of carbonyl (C=O) groups is 1. The summed E-state index contributed by atoms with van der Waals surface area (Å²) in [6, 6.07) is 16.6. The number of likely N-dealkylation sites (N-methyl/N-ethyl adjacent to an activating group) is 1. The van der Waals surface area contributed by atoms with E-state index in [0.717, 1.165) is 11.1 Å². The summed E-state index contributed by atoms with van der Waals surface area (Å²) < 4.78 is 0. The van der Waals surface area contributed by atoms with Gasteiger partial charge in [0.1, 0.15) is 0 Å². The second-order valence-electron chi connectivity index (χ2n) is 6.51. The molecule has 1 unspecified atom stereocenters. The zero-order chi connectivity index (χ0) is 17.7. The normalized spacial score (nSPS) is 12.5. The third-order valence-corrected chi connectivity index (χ3v) is 3.83. The second-order valence-corrected chi connectivity index (χ2v) is 6.95. The Kier molecular flexibility index (Phi) is 5.86. The molecule has 0 saturated heterocycles. The first-order valence-corrected chi connectivity index (χ1v) is 8.18. The quantitative estimate of drug-likeness (QED) is 0.864. The average Bonchev–Trinajstić information content (AvgIpc) is 2.52. The predicted octanol–water partition coefficient (Wildman–Crippen LogP) is 3.84. The summed E-state index contributed by atoms with van der Waals surface area (Å²) >= 11 is 5.97. The van der Waals surface area contributed by atoms with Crippen molar-refractivity contribution in [1.82, 2.24) is 10.2 Å². The molecule has 0 heterocycles. The maximum atomic E-state index is 12.5. The maximum Gasteiger partial charge on any atom is 0.317 e. The van der Waals surface area contributed by atoms with Crippen molar-refractivity contribution in [3.8, 4) is 0 Å². The van der Waals surface area contributed by atoms with Crippen LogP contribution >= 0.6 is 11.6 Å². The van der Waals surface area contributed by atoms with Crippen molar-refractivity contribution in [3.05, 3.63) is 70.7 Å². The monoisotopic (exact) mass is 346 g/mol. The van der Waals surface area contributed by atoms with Crippen molar-refractivity contribution in [3.63, 3.8) is 0 Å². The van der Waals surface area contributed by atoms with Gasteiger partial charge in [-0.15, -0.1) is 0 Å². The fraction of sp³-hybridized carbons (Fsp3) is 0.316. The van der Waals surface area contributed by atoms with Gasteiger partial charge in [-0.25, -0.2) is 4.79 Å². The molecule has 2 aromatic rings. The van der Waals surface area contributed by atoms with Gasteiger partial charge in [0.15, 0.2) is 0 Å². The van der Waals surface area contributed by atoms with Gasteiger partial charge in [-0.1, -0.05) is 54.1 Å². The van der Waals surface area contributed by atoms with Crippen LogP contribution in [0.3, 0.4) is 0 Å². The summed E-state index contributed by atoms with van der Waals surface area (Å²) in [6.07, 6.45) is 0. The molecule has 0 spiro atoms. The van der Waals surface area contributed by atoms with E-state index in [1.807, 2.05) is 42.5 Å². The highest BCUT2D eigenvalue weighted by atomic mass is 35.5. The fourth-order valence-corrected chi connectivity index (χ4v) is 2.67. The minimum atomic E-state index is -0.950. The molecule has 0 radical (unpaired) electrons. The summed E-state index contributed by atoms with van der Waals surface area (Å²) in [4.78, 5) is 14.0. The van der Waals surface area contributed by atoms with Crippen molar-refractivity contribution in [2.75, 3.05) is 13.6 Å². The average molecular weight is 347 g/mol. The Morgan fingerprint density at radius 1 is 1.12 bits per heavy atom. The molecule has 24 heavy (non-hydrogen) atoms. The van der Waals surface area contributed by atoms with Crippen LogP contribution < -0.4 is 5.32 Å². The van der Waals surface area contributed by atoms with Crippen molar-refractivity contribution in [2.45, 2.75) is 25.5 Å². The first kappa shape index (κ1) is 18.3. The Bertz CT molecular complexity index is 666. The number of nitrogens with zero attached hydrogens (tertiary/aromatic N) is 1. The van der Waals surface area contributed by atoms with Gasteiger partial charge in [-0.05, 0) is 37.1 Å². The number of benzene rings is 2. The molecule has 4 nitrogen and oxygen atoms in total. The van der Waals surface area contributed by atoms with Gasteiger partial charge in [-0.2, -0.15) is 0 Å². The van der Waals surface area contributed by atoms with Gasteiger partial charge >= 0.3 is 6.03 Å². The van der Waals surface area contributed by atoms with Gasteiger partial charge in [-0.3, -0.25) is 0 Å². The van der Waals surface area contributed by atoms with E-state index >= 15 is 0 Å². The molecular formula is C19H23ClN2O2. The second kappa shape index (κ2) is 7.69. The number of urea groups is 1. The molecule has 2 aromatic carbocycles. The van der Waals surface area contributed by atoms with Crippen LogP contribution in [0.2, 0.25) is 5.02 Å². The zero-order valence-electron chi connectivity index (χ0n) is 14.2. The van der Waals surface area contributed by atoms with Crippen LogP contribution in [0.5, 0.6) is 0 Å². The van der Waals surface area contributed by atoms with Gasteiger partial charge in [0.2, 0.25) is 0 Å². The van der Waals surface area contributed by atoms with Crippen LogP contribution in [0.4, 0.5) is 4.79 Å². The fourth-order valence-electron chi connectivity index (χ4n) is 2.55. The van der Waals surface area contributed by atoms with Crippen LogP contribution in [-0.4, -0.2) is 35.2 Å². The highest BCUT2D eigenvalue weighted by Gasteiger charge is 2.23. The summed E-state index contributed by atoms with van der Waals surface area (Å²) in [6.45, 7) is 3.58. The van der Waals surface area contributed by atoms with E-state index in [0.29, 0.717) is 5.02 Å². The van der Waals surface area contributed by atoms with Crippen molar-refractivity contribution >= 4 is 17.6 Å². The molecule has 2 amide bonds. The Labute approximate surface area is 148 Å². The highest BCUT2D eigenvalue weighted by Crippen LogP contribution is 2.24. The summed E-state index contributed by atoms with van der Waals surface area (Å²) in [5.74, 6) is 0. The molecule has 0 aliphatic rings. The first-order chi connectivity index (χ1) is 11.3. The summed E-state index contributed by atoms with van der Waals surface area (Å²) in [5, 5.41) is 13.6. The standard InChI is InChI=1S/C19H23ClN2O2/c1-19(2,24)13-22(3)18(23)21-17(14-7-5-4-6-8-14)15-9-11-16(20)12-10-15/h4-12,17,24H,13H2,1-3H3,(H,21,23). The van der Waals surface area contributed by atoms with Gasteiger partial charge < -0.3 is 15.3 Å². The first-order valence-electron chi connectivity index (χ1n) is 7.81. The van der Waals surface area contributed by atoms with E-state index in [1.165, 1.54) is 4.90 Å². The Morgan fingerprint density at radius 2 is 1.67 bits per heavy atom. The van der Waals surface area contributed by atoms with E-state index in [2.05, 4.69) is 5.32 Å². The molecule has 2 N–H and O–H groups in total. The minimum Gasteiger partial charge on any atom is -0.389 e. The molecular weight excluding hydrogens is 324 g/mol. The van der Waals surface area contributed by atoms with Crippen LogP contribution in [0, 0.1) is 0 Å². The Morgan fingerprint density at radius 3 is 2.21 bits per heavy atom. The van der Waals surface area contributed by atoms with Crippen molar-refractivity contribution in [2.24, 2.45) is 0 Å². The molecule has 5 heteroatoms. The summed E-state index contributed by atoms with van der Waals surface area (Å²) in [7, 11) is 1.66. The minimum absolute atomic E-state index is 0.237. The molecule has 128 valence electrons. The molecule has 0 fully saturated rings. The van der Waals surface area contributed by atoms with Gasteiger partial charge in [0.25, 0.3) is 0 Å². The number of nitrogens with one attached hydrogen (secondary N) is 1. The lowest BCUT2D eigenvalue weighted by molar-refractivity contribution is 0.0529. The molecule has 0 aliphatic heterocycles. The van der Waals surface area contributed by atoms with Crippen LogP contribution in [0.25, 0.3) is 0 Å². The highest BCUT2D eigenvalue weighted by molar-refractivity contribution is 6.30. The molecule has 2 rings (SSSR count). The number of hydrogen-bond donors (Lipinski definition) is 2. The third kappa shape index (κ3) is 5.25. The summed E-state index contributed by atoms with van der Waals surface area (Å²) in [5.41, 5.74) is 0.967. The number of aliphatic hydroxyl groups is 1. The van der Waals surface area contributed by atoms with Crippen molar-refractivity contribution < 1.29 is 9.90 Å². The number of carbonyl (C=O) groups excluding carboxylic acids is 1. The van der Waals surface area contributed by atoms with Gasteiger partial charge in [0, 0.05) is 12.1 Å². The lowest BCUT2D eigenvalue weighted by Crippen LogP contribution is -2.45. The number of halogens is 1. The number of amides is 2. The van der Waals surface area contributed by atoms with Gasteiger partial charge in [0.05, 0.1) is 18.2 Å². The molecule has 0 bridgehead atoms. The lowest BCUT2D eigenvalue weighted by Gasteiger charge is -2.28. The van der Waals surface area contributed by atoms with E-state index in [1.54, 1.807) is 33.0 Å². The largest absolute Gasteiger partial charge is 0.389 e. The van der Waals surface area contributed by atoms with E-state index < -0.39 is 5.60 Å². The number of rotatable bonds is 5.